The molecule has 0 aliphatic heterocycles. The fourth-order valence-electron chi connectivity index (χ4n) is 8.81. The Kier molecular flexibility index (Phi) is 8.46. The topological polar surface area (TPSA) is 64.1 Å². The number of fused-ring (bicyclic) bond motifs is 5. The minimum Gasteiger partial charge on any atom is -0.507 e. The Labute approximate surface area is 353 Å². The molecule has 0 unspecified atom stereocenters. The van der Waals surface area contributed by atoms with Crippen LogP contribution in [0.5, 0.6) is 5.75 Å². The zero-order chi connectivity index (χ0) is 41.2. The zero-order valence-corrected chi connectivity index (χ0v) is 34.1. The Bertz CT molecular complexity index is 3460. The molecule has 292 valence electrons. The van der Waals surface area contributed by atoms with Crippen LogP contribution in [0.4, 0.5) is 0 Å². The third-order valence-electron chi connectivity index (χ3n) is 11.9. The quantitative estimate of drug-likeness (QED) is 0.182. The molecule has 0 radical (unpaired) electrons. The van der Waals surface area contributed by atoms with E-state index < -0.39 is 0 Å². The van der Waals surface area contributed by atoms with E-state index in [4.69, 9.17) is 14.4 Å². The van der Waals surface area contributed by atoms with Gasteiger partial charge >= 0.3 is 0 Å². The summed E-state index contributed by atoms with van der Waals surface area (Å²) in [4.78, 5) is 10.6. The summed E-state index contributed by atoms with van der Waals surface area (Å²) in [6.07, 6.45) is 1.84. The summed E-state index contributed by atoms with van der Waals surface area (Å²) in [5, 5.41) is 15.7. The van der Waals surface area contributed by atoms with Crippen LogP contribution in [0.1, 0.15) is 26.3 Å². The molecular weight excluding hydrogens is 747 g/mol. The van der Waals surface area contributed by atoms with Crippen molar-refractivity contribution in [1.82, 2.24) is 14.5 Å². The lowest BCUT2D eigenvalue weighted by Crippen LogP contribution is -2.12. The van der Waals surface area contributed by atoms with E-state index in [0.717, 1.165) is 94.1 Å². The highest BCUT2D eigenvalue weighted by atomic mass is 16.3. The third kappa shape index (κ3) is 6.25. The Morgan fingerprint density at radius 3 is 1.97 bits per heavy atom. The van der Waals surface area contributed by atoms with E-state index in [0.29, 0.717) is 11.4 Å². The standard InChI is InChI=1S/C56H41N3O2/c1-56(2,3)42-25-26-47(45(34-42)36-17-8-5-9-18-36)59-48-23-14-22-43(54(48)58-55(59)44-21-12-13-24-49(44)60)40-29-39(35-15-6-4-7-16-35)30-41(31-40)53-52-46-32-37-19-10-11-20-38(37)33-51(46)61-50(52)27-28-57-53/h4-34,60H,1-3H3. The molecule has 61 heavy (non-hydrogen) atoms. The molecule has 3 heterocycles. The molecule has 0 bridgehead atoms. The SMILES string of the molecule is CC(C)(C)c1ccc(-n2c(-c3ccccc3O)nc3c(-c4cc(-c5ccccc5)cc(-c5nccc6oc7cc8ccccc8cc7c56)c4)cccc32)c(-c2ccccc2)c1. The Balaban J connectivity index is 1.19. The lowest BCUT2D eigenvalue weighted by Gasteiger charge is -2.23. The smallest absolute Gasteiger partial charge is 0.149 e. The molecule has 0 aliphatic carbocycles. The van der Waals surface area contributed by atoms with Gasteiger partial charge in [0.15, 0.2) is 0 Å². The molecule has 0 atom stereocenters. The number of rotatable bonds is 6. The first-order valence-corrected chi connectivity index (χ1v) is 20.7. The molecule has 11 aromatic rings. The monoisotopic (exact) mass is 787 g/mol. The normalized spacial score (nSPS) is 11.9. The van der Waals surface area contributed by atoms with Gasteiger partial charge < -0.3 is 9.52 Å². The number of aromatic nitrogens is 3. The van der Waals surface area contributed by atoms with Crippen molar-refractivity contribution in [2.24, 2.45) is 0 Å². The van der Waals surface area contributed by atoms with Crippen molar-refractivity contribution >= 4 is 43.7 Å². The maximum atomic E-state index is 11.4. The highest BCUT2D eigenvalue weighted by Crippen LogP contribution is 2.44. The minimum absolute atomic E-state index is 0.0655. The van der Waals surface area contributed by atoms with E-state index in [-0.39, 0.29) is 11.2 Å². The van der Waals surface area contributed by atoms with Crippen molar-refractivity contribution in [3.63, 3.8) is 0 Å². The first-order chi connectivity index (χ1) is 29.8. The highest BCUT2D eigenvalue weighted by Gasteiger charge is 2.24. The van der Waals surface area contributed by atoms with Crippen LogP contribution in [0.15, 0.2) is 193 Å². The summed E-state index contributed by atoms with van der Waals surface area (Å²) < 4.78 is 8.73. The number of phenols is 1. The summed E-state index contributed by atoms with van der Waals surface area (Å²) >= 11 is 0. The number of hydrogen-bond acceptors (Lipinski definition) is 4. The van der Waals surface area contributed by atoms with Crippen molar-refractivity contribution in [2.75, 3.05) is 0 Å². The molecule has 5 heteroatoms. The van der Waals surface area contributed by atoms with Crippen LogP contribution in [-0.2, 0) is 5.41 Å². The van der Waals surface area contributed by atoms with Crippen molar-refractivity contribution in [3.8, 4) is 67.5 Å². The maximum Gasteiger partial charge on any atom is 0.149 e. The lowest BCUT2D eigenvalue weighted by atomic mass is 9.85. The Morgan fingerprint density at radius 1 is 0.525 bits per heavy atom. The van der Waals surface area contributed by atoms with Gasteiger partial charge in [-0.05, 0) is 111 Å². The van der Waals surface area contributed by atoms with Crippen molar-refractivity contribution in [2.45, 2.75) is 26.2 Å². The molecule has 0 fully saturated rings. The van der Waals surface area contributed by atoms with Crippen molar-refractivity contribution in [3.05, 3.63) is 194 Å². The van der Waals surface area contributed by atoms with Crippen LogP contribution in [0.3, 0.4) is 0 Å². The molecule has 11 rings (SSSR count). The number of para-hydroxylation sites is 2. The average Bonchev–Trinajstić information content (AvgIpc) is 3.86. The molecule has 0 aliphatic rings. The molecule has 5 nitrogen and oxygen atoms in total. The van der Waals surface area contributed by atoms with E-state index in [9.17, 15) is 5.11 Å². The number of pyridine rings is 1. The second-order valence-corrected chi connectivity index (χ2v) is 16.8. The Morgan fingerprint density at radius 2 is 1.20 bits per heavy atom. The van der Waals surface area contributed by atoms with Crippen LogP contribution in [0.2, 0.25) is 0 Å². The molecule has 0 amide bonds. The average molecular weight is 788 g/mol. The predicted octanol–water partition coefficient (Wildman–Crippen LogP) is 14.8. The summed E-state index contributed by atoms with van der Waals surface area (Å²) in [7, 11) is 0. The molecule has 8 aromatic carbocycles. The number of aromatic hydroxyl groups is 1. The highest BCUT2D eigenvalue weighted by molar-refractivity contribution is 6.15. The second-order valence-electron chi connectivity index (χ2n) is 16.8. The largest absolute Gasteiger partial charge is 0.507 e. The predicted molar refractivity (Wildman–Crippen MR) is 251 cm³/mol. The summed E-state index contributed by atoms with van der Waals surface area (Å²) in [6.45, 7) is 6.73. The van der Waals surface area contributed by atoms with Crippen LogP contribution < -0.4 is 0 Å². The van der Waals surface area contributed by atoms with Gasteiger partial charge in [0.2, 0.25) is 0 Å². The van der Waals surface area contributed by atoms with E-state index in [1.807, 2.05) is 42.6 Å². The number of nitrogens with zero attached hydrogens (tertiary/aromatic N) is 3. The number of hydrogen-bond donors (Lipinski definition) is 1. The third-order valence-corrected chi connectivity index (χ3v) is 11.9. The van der Waals surface area contributed by atoms with Crippen molar-refractivity contribution in [1.29, 1.82) is 0 Å². The van der Waals surface area contributed by atoms with E-state index >= 15 is 0 Å². The van der Waals surface area contributed by atoms with E-state index in [1.165, 1.54) is 5.56 Å². The number of furan rings is 1. The first-order valence-electron chi connectivity index (χ1n) is 20.7. The molecule has 0 saturated carbocycles. The van der Waals surface area contributed by atoms with Crippen LogP contribution in [0.25, 0.3) is 105 Å². The van der Waals surface area contributed by atoms with Crippen LogP contribution in [0, 0.1) is 0 Å². The zero-order valence-electron chi connectivity index (χ0n) is 34.1. The second kappa shape index (κ2) is 14.2. The van der Waals surface area contributed by atoms with E-state index in [2.05, 4.69) is 165 Å². The van der Waals surface area contributed by atoms with Gasteiger partial charge in [0.25, 0.3) is 0 Å². The first kappa shape index (κ1) is 36.3. The van der Waals surface area contributed by atoms with Crippen LogP contribution in [-0.4, -0.2) is 19.6 Å². The Hall–Kier alpha value is -7.76. The van der Waals surface area contributed by atoms with Gasteiger partial charge in [-0.15, -0.1) is 0 Å². The summed E-state index contributed by atoms with van der Waals surface area (Å²) in [5.41, 5.74) is 14.3. The van der Waals surface area contributed by atoms with Crippen LogP contribution >= 0.6 is 0 Å². The number of benzene rings is 8. The number of phenolic OH excluding ortho intramolecular Hbond substituents is 1. The molecule has 1 N–H and O–H groups in total. The molecular formula is C56H41N3O2. The number of imidazole rings is 1. The summed E-state index contributed by atoms with van der Waals surface area (Å²) in [5.74, 6) is 0.824. The van der Waals surface area contributed by atoms with Crippen molar-refractivity contribution < 1.29 is 9.52 Å². The van der Waals surface area contributed by atoms with Gasteiger partial charge in [-0.25, -0.2) is 4.98 Å². The summed E-state index contributed by atoms with van der Waals surface area (Å²) in [6, 6.07) is 63.0. The fraction of sp³-hybridized carbons (Fsp3) is 0.0714. The fourth-order valence-corrected chi connectivity index (χ4v) is 8.81. The molecule has 0 spiro atoms. The van der Waals surface area contributed by atoms with Gasteiger partial charge in [-0.3, -0.25) is 9.55 Å². The van der Waals surface area contributed by atoms with Gasteiger partial charge in [0.1, 0.15) is 22.7 Å². The maximum absolute atomic E-state index is 11.4. The van der Waals surface area contributed by atoms with Gasteiger partial charge in [0, 0.05) is 28.3 Å². The van der Waals surface area contributed by atoms with Gasteiger partial charge in [-0.1, -0.05) is 136 Å². The van der Waals surface area contributed by atoms with Gasteiger partial charge in [0.05, 0.1) is 33.4 Å². The molecule has 0 saturated heterocycles. The lowest BCUT2D eigenvalue weighted by molar-refractivity contribution is 0.477. The van der Waals surface area contributed by atoms with E-state index in [1.54, 1.807) is 6.07 Å². The molecule has 3 aromatic heterocycles. The van der Waals surface area contributed by atoms with Gasteiger partial charge in [-0.2, -0.15) is 0 Å². The minimum atomic E-state index is -0.0655.